The number of rotatable bonds is 5. The normalized spacial score (nSPS) is 10.7. The van der Waals surface area contributed by atoms with Gasteiger partial charge in [0, 0.05) is 13.1 Å². The largest absolute Gasteiger partial charge is 0.314 e. The first-order chi connectivity index (χ1) is 6.33. The Kier molecular flexibility index (Phi) is 3.89. The van der Waals surface area contributed by atoms with Gasteiger partial charge in [-0.05, 0) is 20.4 Å². The molecule has 1 heterocycles. The average molecular weight is 182 g/mol. The third-order valence-corrected chi connectivity index (χ3v) is 2.05. The molecule has 0 amide bonds. The summed E-state index contributed by atoms with van der Waals surface area (Å²) in [5.41, 5.74) is 2.37. The molecule has 4 heteroatoms. The molecule has 4 nitrogen and oxygen atoms in total. The Morgan fingerprint density at radius 1 is 1.38 bits per heavy atom. The van der Waals surface area contributed by atoms with E-state index in [9.17, 15) is 0 Å². The van der Waals surface area contributed by atoms with Gasteiger partial charge in [0.1, 0.15) is 0 Å². The lowest BCUT2D eigenvalue weighted by Gasteiger charge is -2.03. The molecule has 13 heavy (non-hydrogen) atoms. The van der Waals surface area contributed by atoms with E-state index in [2.05, 4.69) is 29.5 Å². The van der Waals surface area contributed by atoms with Crippen molar-refractivity contribution in [2.45, 2.75) is 39.8 Å². The SMILES string of the molecule is CCCc1c(CNC)nnn1CC. The van der Waals surface area contributed by atoms with E-state index in [-0.39, 0.29) is 0 Å². The van der Waals surface area contributed by atoms with Crippen molar-refractivity contribution in [1.82, 2.24) is 20.3 Å². The maximum Gasteiger partial charge on any atom is 0.0996 e. The third-order valence-electron chi connectivity index (χ3n) is 2.05. The van der Waals surface area contributed by atoms with Gasteiger partial charge in [0.25, 0.3) is 0 Å². The zero-order chi connectivity index (χ0) is 9.68. The Hall–Kier alpha value is -0.900. The van der Waals surface area contributed by atoms with Gasteiger partial charge in [0.05, 0.1) is 11.4 Å². The van der Waals surface area contributed by atoms with E-state index in [1.54, 1.807) is 0 Å². The second-order valence-electron chi connectivity index (χ2n) is 3.08. The van der Waals surface area contributed by atoms with Crippen LogP contribution in [0, 0.1) is 0 Å². The van der Waals surface area contributed by atoms with Crippen molar-refractivity contribution in [3.63, 3.8) is 0 Å². The lowest BCUT2D eigenvalue weighted by Crippen LogP contribution is -2.09. The second-order valence-corrected chi connectivity index (χ2v) is 3.08. The molecule has 1 N–H and O–H groups in total. The molecule has 1 aromatic rings. The number of nitrogens with zero attached hydrogens (tertiary/aromatic N) is 3. The molecule has 0 saturated heterocycles. The van der Waals surface area contributed by atoms with Crippen LogP contribution in [0.25, 0.3) is 0 Å². The monoisotopic (exact) mass is 182 g/mol. The van der Waals surface area contributed by atoms with E-state index in [1.165, 1.54) is 5.69 Å². The Morgan fingerprint density at radius 3 is 2.69 bits per heavy atom. The van der Waals surface area contributed by atoms with E-state index >= 15 is 0 Å². The van der Waals surface area contributed by atoms with Crippen LogP contribution in [0.15, 0.2) is 0 Å². The van der Waals surface area contributed by atoms with Gasteiger partial charge in [-0.3, -0.25) is 0 Å². The van der Waals surface area contributed by atoms with E-state index in [0.717, 1.165) is 31.6 Å². The van der Waals surface area contributed by atoms with Gasteiger partial charge in [-0.1, -0.05) is 18.6 Å². The molecule has 0 aliphatic heterocycles. The lowest BCUT2D eigenvalue weighted by atomic mass is 10.2. The van der Waals surface area contributed by atoms with E-state index in [4.69, 9.17) is 0 Å². The van der Waals surface area contributed by atoms with Crippen molar-refractivity contribution in [3.8, 4) is 0 Å². The number of nitrogens with one attached hydrogen (secondary N) is 1. The number of aromatic nitrogens is 3. The molecule has 1 rings (SSSR count). The Labute approximate surface area is 79.3 Å². The van der Waals surface area contributed by atoms with Crippen LogP contribution in [-0.2, 0) is 19.5 Å². The highest BCUT2D eigenvalue weighted by Crippen LogP contribution is 2.07. The molecule has 0 bridgehead atoms. The quantitative estimate of drug-likeness (QED) is 0.738. The topological polar surface area (TPSA) is 42.7 Å². The minimum Gasteiger partial charge on any atom is -0.314 e. The van der Waals surface area contributed by atoms with Gasteiger partial charge >= 0.3 is 0 Å². The van der Waals surface area contributed by atoms with Crippen LogP contribution in [0.3, 0.4) is 0 Å². The molecule has 0 atom stereocenters. The molecule has 0 aromatic carbocycles. The lowest BCUT2D eigenvalue weighted by molar-refractivity contribution is 0.593. The van der Waals surface area contributed by atoms with Crippen LogP contribution in [0.1, 0.15) is 31.7 Å². The van der Waals surface area contributed by atoms with Crippen molar-refractivity contribution in [3.05, 3.63) is 11.4 Å². The van der Waals surface area contributed by atoms with Gasteiger partial charge in [-0.2, -0.15) is 0 Å². The fraction of sp³-hybridized carbons (Fsp3) is 0.778. The number of hydrogen-bond donors (Lipinski definition) is 1. The highest BCUT2D eigenvalue weighted by atomic mass is 15.4. The summed E-state index contributed by atoms with van der Waals surface area (Å²) >= 11 is 0. The van der Waals surface area contributed by atoms with Gasteiger partial charge in [0.2, 0.25) is 0 Å². The third kappa shape index (κ3) is 2.28. The summed E-state index contributed by atoms with van der Waals surface area (Å²) in [7, 11) is 1.93. The van der Waals surface area contributed by atoms with E-state index in [0.29, 0.717) is 0 Å². The molecule has 0 saturated carbocycles. The van der Waals surface area contributed by atoms with E-state index < -0.39 is 0 Å². The molecule has 0 radical (unpaired) electrons. The van der Waals surface area contributed by atoms with Crippen LogP contribution >= 0.6 is 0 Å². The van der Waals surface area contributed by atoms with Crippen LogP contribution in [0.2, 0.25) is 0 Å². The summed E-state index contributed by atoms with van der Waals surface area (Å²) in [4.78, 5) is 0. The molecule has 0 spiro atoms. The maximum absolute atomic E-state index is 4.15. The summed E-state index contributed by atoms with van der Waals surface area (Å²) in [5.74, 6) is 0. The predicted molar refractivity (Wildman–Crippen MR) is 52.5 cm³/mol. The van der Waals surface area contributed by atoms with Gasteiger partial charge in [-0.15, -0.1) is 5.10 Å². The summed E-state index contributed by atoms with van der Waals surface area (Å²) in [6, 6.07) is 0. The summed E-state index contributed by atoms with van der Waals surface area (Å²) in [6.45, 7) is 5.99. The van der Waals surface area contributed by atoms with Crippen molar-refractivity contribution in [2.24, 2.45) is 0 Å². The van der Waals surface area contributed by atoms with Crippen molar-refractivity contribution in [1.29, 1.82) is 0 Å². The van der Waals surface area contributed by atoms with E-state index in [1.807, 2.05) is 11.7 Å². The average Bonchev–Trinajstić information content (AvgIpc) is 2.50. The van der Waals surface area contributed by atoms with Gasteiger partial charge in [-0.25, -0.2) is 4.68 Å². The van der Waals surface area contributed by atoms with Crippen molar-refractivity contribution in [2.75, 3.05) is 7.05 Å². The van der Waals surface area contributed by atoms with Crippen LogP contribution in [-0.4, -0.2) is 22.0 Å². The second kappa shape index (κ2) is 4.97. The Morgan fingerprint density at radius 2 is 2.15 bits per heavy atom. The molecule has 0 aliphatic rings. The zero-order valence-corrected chi connectivity index (χ0v) is 8.67. The summed E-state index contributed by atoms with van der Waals surface area (Å²) in [5, 5.41) is 11.3. The predicted octanol–water partition coefficient (Wildman–Crippen LogP) is 0.970. The minimum atomic E-state index is 0.815. The Bertz CT molecular complexity index is 254. The first-order valence-electron chi connectivity index (χ1n) is 4.89. The molecular formula is C9H18N4. The number of hydrogen-bond acceptors (Lipinski definition) is 3. The molecule has 0 fully saturated rings. The zero-order valence-electron chi connectivity index (χ0n) is 8.67. The van der Waals surface area contributed by atoms with Crippen LogP contribution in [0.5, 0.6) is 0 Å². The molecular weight excluding hydrogens is 164 g/mol. The van der Waals surface area contributed by atoms with Gasteiger partial charge < -0.3 is 5.32 Å². The fourth-order valence-electron chi connectivity index (χ4n) is 1.44. The first kappa shape index (κ1) is 10.2. The summed E-state index contributed by atoms with van der Waals surface area (Å²) in [6.07, 6.45) is 2.21. The molecule has 0 unspecified atom stereocenters. The standard InChI is InChI=1S/C9H18N4/c1-4-6-9-8(7-10-3)11-12-13(9)5-2/h10H,4-7H2,1-3H3. The smallest absolute Gasteiger partial charge is 0.0996 e. The Balaban J connectivity index is 2.85. The van der Waals surface area contributed by atoms with Crippen LogP contribution in [0.4, 0.5) is 0 Å². The number of aryl methyl sites for hydroxylation is 1. The maximum atomic E-state index is 4.15. The first-order valence-corrected chi connectivity index (χ1v) is 4.89. The van der Waals surface area contributed by atoms with Crippen molar-refractivity contribution < 1.29 is 0 Å². The van der Waals surface area contributed by atoms with Gasteiger partial charge in [0.15, 0.2) is 0 Å². The van der Waals surface area contributed by atoms with Crippen LogP contribution < -0.4 is 5.32 Å². The molecule has 0 aliphatic carbocycles. The highest BCUT2D eigenvalue weighted by Gasteiger charge is 2.09. The molecule has 74 valence electrons. The fourth-order valence-corrected chi connectivity index (χ4v) is 1.44. The molecule has 1 aromatic heterocycles. The minimum absolute atomic E-state index is 0.815. The summed E-state index contributed by atoms with van der Waals surface area (Å²) < 4.78 is 1.98. The van der Waals surface area contributed by atoms with Crippen molar-refractivity contribution >= 4 is 0 Å². The highest BCUT2D eigenvalue weighted by molar-refractivity contribution is 5.10.